The molecular formula is C98H83Cu3N15O3P3+3. The van der Waals surface area contributed by atoms with Crippen LogP contribution in [0, 0.1) is 34.6 Å². The standard InChI is InChI=1S/C28H24OP.C27H24OP.C25H20OP.3C6H4N5.3Cu/c1-20-12-10-17-23-26(20)29-27-24(28(23,2)3)18-11-19-25(27)30(21-13-6-4-7-14-21)22-15-8-5-9-16-22;1-20-14-16-25(22(3)18-20)28-26-17-15-21(2)19-27(26)29(23-10-6-4-7-11-23)24-12-8-5-9-13-24;1-20-12-8-9-17-23(20)26-24-18-10-11-19-25(24)27(21-13-4-2-5-14-21)22-15-6-3-7-16-22;3*1-2-4-7-5(3-1)6-8-10-11-9-6;;;/h4-19H,1H2,2-3H3;4-19H,3H2,1-2H3;2-19H,1H2;3*1-4H;;;/q6*-1;3*+2/p+3. The molecule has 12 aromatic carbocycles. The third-order valence-electron chi connectivity index (χ3n) is 19.1. The van der Waals surface area contributed by atoms with E-state index in [1.165, 1.54) is 70.0 Å². The second kappa shape index (κ2) is 45.0. The number of aromatic nitrogens is 15. The second-order valence-electron chi connectivity index (χ2n) is 27.7. The summed E-state index contributed by atoms with van der Waals surface area (Å²) in [6.07, 6.45) is 5.02. The van der Waals surface area contributed by atoms with Crippen LogP contribution in [0.1, 0.15) is 52.8 Å². The molecule has 0 amide bonds. The number of tetrazole rings is 3. The van der Waals surface area contributed by atoms with Gasteiger partial charge in [-0.25, -0.2) is 0 Å². The van der Waals surface area contributed by atoms with Crippen molar-refractivity contribution >= 4 is 71.5 Å². The number of pyridine rings is 3. The molecule has 18 aromatic rings. The zero-order valence-electron chi connectivity index (χ0n) is 66.8. The van der Waals surface area contributed by atoms with Gasteiger partial charge in [-0.1, -0.05) is 214 Å². The molecule has 18 nitrogen and oxygen atoms in total. The Labute approximate surface area is 746 Å². The summed E-state index contributed by atoms with van der Waals surface area (Å²) >= 11 is 0. The van der Waals surface area contributed by atoms with Crippen LogP contribution >= 0.6 is 23.8 Å². The summed E-state index contributed by atoms with van der Waals surface area (Å²) in [5.41, 5.74) is 9.53. The topological polar surface area (TPSA) is 225 Å². The number of ether oxygens (including phenoxy) is 3. The maximum absolute atomic E-state index is 6.66. The van der Waals surface area contributed by atoms with Gasteiger partial charge >= 0.3 is 51.2 Å². The molecule has 0 N–H and O–H groups in total. The van der Waals surface area contributed by atoms with Gasteiger partial charge in [-0.3, -0.25) is 45.9 Å². The molecule has 24 heteroatoms. The van der Waals surface area contributed by atoms with E-state index in [1.807, 2.05) is 78.9 Å². The van der Waals surface area contributed by atoms with Crippen molar-refractivity contribution in [3.63, 3.8) is 0 Å². The Kier molecular flexibility index (Phi) is 33.2. The Morgan fingerprint density at radius 1 is 0.295 bits per heavy atom. The molecule has 0 aliphatic carbocycles. The number of benzene rings is 12. The number of nitrogens with zero attached hydrogens (tertiary/aromatic N) is 15. The predicted molar refractivity (Wildman–Crippen MR) is 483 cm³/mol. The molecule has 0 unspecified atom stereocenters. The monoisotopic (exact) mass is 1800 g/mol. The molecule has 19 rings (SSSR count). The average molecular weight is 1800 g/mol. The van der Waals surface area contributed by atoms with Crippen LogP contribution in [0.5, 0.6) is 34.5 Å². The summed E-state index contributed by atoms with van der Waals surface area (Å²) in [5.74, 6) is 6.72. The molecule has 0 saturated heterocycles. The van der Waals surface area contributed by atoms with Crippen LogP contribution in [0.25, 0.3) is 34.6 Å². The van der Waals surface area contributed by atoms with E-state index in [2.05, 4.69) is 386 Å². The Morgan fingerprint density at radius 3 is 1.01 bits per heavy atom. The molecule has 6 aromatic heterocycles. The zero-order valence-corrected chi connectivity index (χ0v) is 72.6. The van der Waals surface area contributed by atoms with Crippen molar-refractivity contribution in [3.05, 3.63) is 436 Å². The fourth-order valence-electron chi connectivity index (χ4n) is 13.4. The fraction of sp³-hybridized carbons (Fsp3) is 0.0510. The number of fused-ring (bicyclic) bond motifs is 2. The van der Waals surface area contributed by atoms with Crippen molar-refractivity contribution in [3.8, 4) is 69.1 Å². The first kappa shape index (κ1) is 89.9. The van der Waals surface area contributed by atoms with Gasteiger partial charge < -0.3 is 29.5 Å². The first-order valence-corrected chi connectivity index (χ1v) is 42.8. The Bertz CT molecular complexity index is 5860. The van der Waals surface area contributed by atoms with Gasteiger partial charge in [-0.2, -0.15) is 71.3 Å². The van der Waals surface area contributed by atoms with E-state index in [-0.39, 0.29) is 56.6 Å². The van der Waals surface area contributed by atoms with Gasteiger partial charge in [0.25, 0.3) is 0 Å². The zero-order chi connectivity index (χ0) is 82.0. The van der Waals surface area contributed by atoms with E-state index in [4.69, 9.17) is 14.2 Å². The Balaban J connectivity index is 0.000000149. The van der Waals surface area contributed by atoms with Gasteiger partial charge in [-0.15, -0.1) is 17.7 Å². The van der Waals surface area contributed by atoms with Crippen molar-refractivity contribution in [2.45, 2.75) is 33.1 Å². The average Bonchev–Trinajstić information content (AvgIpc) is 0.779. The van der Waals surface area contributed by atoms with E-state index in [0.29, 0.717) is 34.6 Å². The summed E-state index contributed by atoms with van der Waals surface area (Å²) < 4.78 is 19.4. The van der Waals surface area contributed by atoms with Crippen molar-refractivity contribution in [2.75, 3.05) is 0 Å². The molecule has 0 bridgehead atoms. The van der Waals surface area contributed by atoms with E-state index in [9.17, 15) is 0 Å². The van der Waals surface area contributed by atoms with Crippen molar-refractivity contribution in [2.24, 2.45) is 0 Å². The van der Waals surface area contributed by atoms with Gasteiger partial charge in [0.2, 0.25) is 0 Å². The molecular weight excluding hydrogens is 1720 g/mol. The molecule has 613 valence electrons. The van der Waals surface area contributed by atoms with Crippen LogP contribution in [0.2, 0.25) is 0 Å². The molecule has 7 heterocycles. The van der Waals surface area contributed by atoms with Crippen molar-refractivity contribution in [1.29, 1.82) is 0 Å². The molecule has 0 saturated carbocycles. The van der Waals surface area contributed by atoms with E-state index in [0.717, 1.165) is 51.2 Å². The predicted octanol–water partition coefficient (Wildman–Crippen LogP) is 16.4. The number of hydrogen-bond acceptors (Lipinski definition) is 15. The minimum absolute atomic E-state index is 0. The molecule has 0 fully saturated rings. The first-order valence-electron chi connectivity index (χ1n) is 38.3. The number of para-hydroxylation sites is 4. The SMILES string of the molecule is [CH2-]c1cc(C)ccc1Oc1ccc(C)cc1[PH+](c1ccccc1)c1ccccc1.[CH2-]c1cccc2c1Oc1c([PH+](c3ccccc3)c3ccccc3)cccc1C2(C)C.[CH2-]c1ccccc1Oc1ccccc1[PH+](c1ccccc1)c1ccccc1.[Cu+2].[Cu+2].[Cu+2].c1ccc(-c2nnn[n-]2)nc1.c1ccc(-c2nnn[n-]2)nc1.c1ccc(-c2nnn[n-]2)nc1. The number of hydrogen-bond donors (Lipinski definition) is 0. The summed E-state index contributed by atoms with van der Waals surface area (Å²) in [5, 5.41) is 53.9. The third-order valence-corrected chi connectivity index (χ3v) is 27.4. The number of rotatable bonds is 16. The molecule has 0 atom stereocenters. The largest absolute Gasteiger partial charge is 2.00 e. The van der Waals surface area contributed by atoms with Gasteiger partial charge in [0.1, 0.15) is 71.5 Å². The smallest absolute Gasteiger partial charge is 0.513 e. The maximum Gasteiger partial charge on any atom is 2.00 e. The maximum atomic E-state index is 6.66. The minimum atomic E-state index is -1.23. The van der Waals surface area contributed by atoms with Crippen LogP contribution in [-0.2, 0) is 56.6 Å². The molecule has 0 spiro atoms. The number of aryl methyl sites for hydroxylation is 2. The molecule has 3 radical (unpaired) electrons. The summed E-state index contributed by atoms with van der Waals surface area (Å²) in [4.78, 5) is 12.0. The van der Waals surface area contributed by atoms with E-state index >= 15 is 0 Å². The van der Waals surface area contributed by atoms with Crippen LogP contribution in [0.15, 0.2) is 377 Å². The molecule has 1 aliphatic heterocycles. The van der Waals surface area contributed by atoms with Gasteiger partial charge in [0.15, 0.2) is 17.2 Å². The quantitative estimate of drug-likeness (QED) is 0.0498. The third kappa shape index (κ3) is 23.2. The van der Waals surface area contributed by atoms with Gasteiger partial charge in [0, 0.05) is 46.8 Å². The Morgan fingerprint density at radius 2 is 0.615 bits per heavy atom. The van der Waals surface area contributed by atoms with Crippen LogP contribution in [-0.4, -0.2) is 61.5 Å². The van der Waals surface area contributed by atoms with Crippen LogP contribution in [0.4, 0.5) is 0 Å². The fourth-order valence-corrected chi connectivity index (χ4v) is 21.5. The van der Waals surface area contributed by atoms with E-state index < -0.39 is 23.8 Å². The first-order chi connectivity index (χ1) is 58.4. The second-order valence-corrected chi connectivity index (χ2v) is 35.0. The molecule has 122 heavy (non-hydrogen) atoms. The minimum Gasteiger partial charge on any atom is -0.513 e. The molecule has 1 aliphatic rings. The van der Waals surface area contributed by atoms with Gasteiger partial charge in [-0.05, 0) is 152 Å². The summed E-state index contributed by atoms with van der Waals surface area (Å²) in [7, 11) is -3.63. The van der Waals surface area contributed by atoms with E-state index in [1.54, 1.807) is 36.8 Å². The summed E-state index contributed by atoms with van der Waals surface area (Å²) in [6.45, 7) is 21.3. The van der Waals surface area contributed by atoms with Crippen LogP contribution in [0.3, 0.4) is 0 Å². The Hall–Kier alpha value is -12.8. The van der Waals surface area contributed by atoms with Crippen molar-refractivity contribution < 1.29 is 65.4 Å². The van der Waals surface area contributed by atoms with Gasteiger partial charge in [0.05, 0.1) is 34.6 Å². The summed E-state index contributed by atoms with van der Waals surface area (Å²) in [6, 6.07) is 123. The normalized spacial score (nSPS) is 11.0. The van der Waals surface area contributed by atoms with Crippen LogP contribution < -0.4 is 77.2 Å². The van der Waals surface area contributed by atoms with Crippen molar-refractivity contribution in [1.82, 2.24) is 76.8 Å².